The number of hydrogen-bond acceptors (Lipinski definition) is 7. The molecule has 0 aliphatic carbocycles. The molecule has 0 aromatic heterocycles. The van der Waals surface area contributed by atoms with Crippen molar-refractivity contribution in [3.63, 3.8) is 0 Å². The van der Waals surface area contributed by atoms with Gasteiger partial charge in [-0.15, -0.1) is 0 Å². The highest BCUT2D eigenvalue weighted by molar-refractivity contribution is 5.71. The number of quaternary nitrogens is 1. The third-order valence-corrected chi connectivity index (χ3v) is 18.6. The number of rotatable bonds is 79. The number of allylic oxidation sites excluding steroid dienone is 24. The predicted molar refractivity (Wildman–Crippen MR) is 447 cm³/mol. The van der Waals surface area contributed by atoms with Crippen molar-refractivity contribution < 1.29 is 42.9 Å². The van der Waals surface area contributed by atoms with Crippen molar-refractivity contribution in [3.8, 4) is 0 Å². The number of esters is 2. The molecule has 0 aliphatic rings. The third-order valence-electron chi connectivity index (χ3n) is 18.6. The van der Waals surface area contributed by atoms with Gasteiger partial charge >= 0.3 is 17.9 Å². The van der Waals surface area contributed by atoms with Gasteiger partial charge in [-0.25, -0.2) is 4.79 Å². The standard InChI is InChI=1S/C94H161NO8/c1-6-8-10-12-14-16-18-20-22-24-26-28-30-32-34-36-38-40-42-44-45-46-47-49-51-53-55-57-59-61-63-65-67-69-71-73-75-77-79-81-83-85-92(97)103-90(89-102-94(93(98)99)100-87-86-95(3,4)5)88-101-91(96)84-82-80-78-76-74-72-70-68-66-64-62-60-58-56-54-52-50-48-43-41-39-37-35-33-31-29-27-25-23-21-19-17-15-13-11-9-7-2/h8-11,14-17,20-23,26-29,32,34,38,40,44-45,47,49,90,94H,6-7,12-13,18-19,24-25,30-31,33,35-37,39,41-43,46,48,50-89H2,1-5H3/p+1/b10-8-,11-9-,16-14-,17-15-,22-20-,23-21-,28-26-,29-27-,34-32-,40-38-,45-44-,49-47-. The molecule has 0 aliphatic heterocycles. The lowest BCUT2D eigenvalue weighted by molar-refractivity contribution is -0.870. The molecule has 2 unspecified atom stereocenters. The van der Waals surface area contributed by atoms with Crippen LogP contribution in [0.15, 0.2) is 146 Å². The first kappa shape index (κ1) is 98.2. The van der Waals surface area contributed by atoms with Crippen LogP contribution < -0.4 is 0 Å². The number of likely N-dealkylation sites (N-methyl/N-ethyl adjacent to an activating group) is 1. The summed E-state index contributed by atoms with van der Waals surface area (Å²) < 4.78 is 23.1. The topological polar surface area (TPSA) is 108 Å². The number of aliphatic carboxylic acids is 1. The maximum absolute atomic E-state index is 13.0. The van der Waals surface area contributed by atoms with Gasteiger partial charge in [0.1, 0.15) is 13.2 Å². The molecule has 0 saturated heterocycles. The molecule has 0 amide bonds. The molecule has 0 aromatic carbocycles. The Kier molecular flexibility index (Phi) is 78.9. The summed E-state index contributed by atoms with van der Waals surface area (Å²) in [6.45, 7) is 4.69. The van der Waals surface area contributed by atoms with Crippen molar-refractivity contribution in [2.75, 3.05) is 47.5 Å². The maximum atomic E-state index is 13.0. The van der Waals surface area contributed by atoms with Crippen LogP contribution in [0.5, 0.6) is 0 Å². The van der Waals surface area contributed by atoms with Gasteiger partial charge in [0.2, 0.25) is 0 Å². The molecule has 0 rings (SSSR count). The summed E-state index contributed by atoms with van der Waals surface area (Å²) in [6.07, 6.45) is 119. The molecule has 0 heterocycles. The van der Waals surface area contributed by atoms with Crippen LogP contribution in [0.3, 0.4) is 0 Å². The van der Waals surface area contributed by atoms with Gasteiger partial charge in [0.25, 0.3) is 6.29 Å². The Hall–Kier alpha value is -4.83. The highest BCUT2D eigenvalue weighted by atomic mass is 16.7. The Labute approximate surface area is 636 Å². The van der Waals surface area contributed by atoms with Crippen molar-refractivity contribution in [2.24, 2.45) is 0 Å². The molecule has 0 bridgehead atoms. The Morgan fingerprint density at radius 1 is 0.291 bits per heavy atom. The summed E-state index contributed by atoms with van der Waals surface area (Å²) in [7, 11) is 5.99. The minimum absolute atomic E-state index is 0.183. The summed E-state index contributed by atoms with van der Waals surface area (Å²) in [6, 6.07) is 0. The monoisotopic (exact) mass is 1430 g/mol. The molecular weight excluding hydrogens is 1270 g/mol. The largest absolute Gasteiger partial charge is 0.477 e. The van der Waals surface area contributed by atoms with E-state index in [0.29, 0.717) is 17.4 Å². The molecule has 0 aromatic rings. The van der Waals surface area contributed by atoms with Crippen LogP contribution in [0.4, 0.5) is 0 Å². The summed E-state index contributed by atoms with van der Waals surface area (Å²) in [5.41, 5.74) is 0. The fraction of sp³-hybridized carbons (Fsp3) is 0.713. The van der Waals surface area contributed by atoms with E-state index in [-0.39, 0.29) is 32.2 Å². The van der Waals surface area contributed by atoms with Gasteiger partial charge in [-0.3, -0.25) is 9.59 Å². The molecule has 0 fully saturated rings. The van der Waals surface area contributed by atoms with Gasteiger partial charge in [-0.2, -0.15) is 0 Å². The average Bonchev–Trinajstić information content (AvgIpc) is 1.01. The summed E-state index contributed by atoms with van der Waals surface area (Å²) in [4.78, 5) is 37.8. The van der Waals surface area contributed by atoms with Crippen molar-refractivity contribution in [3.05, 3.63) is 146 Å². The van der Waals surface area contributed by atoms with Gasteiger partial charge in [-0.1, -0.05) is 391 Å². The van der Waals surface area contributed by atoms with Crippen LogP contribution in [0, 0.1) is 0 Å². The summed E-state index contributed by atoms with van der Waals surface area (Å²) >= 11 is 0. The Morgan fingerprint density at radius 2 is 0.524 bits per heavy atom. The number of hydrogen-bond donors (Lipinski definition) is 1. The molecule has 9 nitrogen and oxygen atoms in total. The maximum Gasteiger partial charge on any atom is 0.361 e. The van der Waals surface area contributed by atoms with E-state index in [1.165, 1.54) is 231 Å². The number of carboxylic acid groups (broad SMARTS) is 1. The van der Waals surface area contributed by atoms with Gasteiger partial charge in [0.15, 0.2) is 6.10 Å². The van der Waals surface area contributed by atoms with Gasteiger partial charge in [0.05, 0.1) is 34.4 Å². The van der Waals surface area contributed by atoms with E-state index in [1.54, 1.807) is 0 Å². The average molecular weight is 1430 g/mol. The van der Waals surface area contributed by atoms with E-state index in [0.717, 1.165) is 116 Å². The summed E-state index contributed by atoms with van der Waals surface area (Å²) in [5, 5.41) is 9.79. The van der Waals surface area contributed by atoms with Crippen LogP contribution in [0.2, 0.25) is 0 Å². The van der Waals surface area contributed by atoms with E-state index in [1.807, 2.05) is 21.1 Å². The molecule has 1 N–H and O–H groups in total. The Morgan fingerprint density at radius 3 is 0.777 bits per heavy atom. The second-order valence-corrected chi connectivity index (χ2v) is 29.7. The number of unbranched alkanes of at least 4 members (excludes halogenated alkanes) is 40. The third kappa shape index (κ3) is 84.3. The minimum atomic E-state index is -1.52. The quantitative estimate of drug-likeness (QED) is 0.0211. The molecule has 590 valence electrons. The fourth-order valence-corrected chi connectivity index (χ4v) is 12.1. The number of carbonyl (C=O) groups is 3. The molecule has 0 saturated carbocycles. The van der Waals surface area contributed by atoms with Crippen LogP contribution in [-0.4, -0.2) is 87.4 Å². The van der Waals surface area contributed by atoms with E-state index < -0.39 is 24.3 Å². The molecule has 2 atom stereocenters. The molecule has 0 spiro atoms. The normalized spacial score (nSPS) is 13.4. The lowest BCUT2D eigenvalue weighted by Crippen LogP contribution is -2.40. The second-order valence-electron chi connectivity index (χ2n) is 29.7. The predicted octanol–water partition coefficient (Wildman–Crippen LogP) is 28.2. The van der Waals surface area contributed by atoms with Crippen LogP contribution in [-0.2, 0) is 33.3 Å². The first-order valence-corrected chi connectivity index (χ1v) is 43.0. The zero-order valence-corrected chi connectivity index (χ0v) is 67.7. The first-order valence-electron chi connectivity index (χ1n) is 43.0. The molecular formula is C94H162NO8+. The first-order chi connectivity index (χ1) is 50.6. The van der Waals surface area contributed by atoms with Gasteiger partial charge in [0, 0.05) is 12.8 Å². The van der Waals surface area contributed by atoms with Crippen LogP contribution >= 0.6 is 0 Å². The number of carboxylic acids is 1. The number of ether oxygens (including phenoxy) is 4. The minimum Gasteiger partial charge on any atom is -0.477 e. The summed E-state index contributed by atoms with van der Waals surface area (Å²) in [5.74, 6) is -1.99. The lowest BCUT2D eigenvalue weighted by atomic mass is 10.0. The SMILES string of the molecule is CC/C=C\C/C=C\C/C=C\C/C=C\C/C=C\C/C=C\C/C=C\C/C=C\CCCCCCCCCCCCCCCCCCC(=O)OC(COC(=O)CCCCCCCCCCCCCCCCCCCCCCCCCC/C=C\C/C=C\C/C=C\C/C=C\CC)COC(OCC[N+](C)(C)C)C(=O)O. The van der Waals surface area contributed by atoms with Crippen LogP contribution in [0.25, 0.3) is 0 Å². The molecule has 9 heteroatoms. The van der Waals surface area contributed by atoms with E-state index in [4.69, 9.17) is 18.9 Å². The molecule has 0 radical (unpaired) electrons. The zero-order valence-electron chi connectivity index (χ0n) is 67.7. The van der Waals surface area contributed by atoms with Crippen LogP contribution in [0.1, 0.15) is 373 Å². The number of carbonyl (C=O) groups excluding carboxylic acids is 2. The Bertz CT molecular complexity index is 2220. The molecule has 103 heavy (non-hydrogen) atoms. The van der Waals surface area contributed by atoms with E-state index in [2.05, 4.69) is 160 Å². The fourth-order valence-electron chi connectivity index (χ4n) is 12.1. The lowest BCUT2D eigenvalue weighted by Gasteiger charge is -2.25. The number of nitrogens with zero attached hydrogens (tertiary/aromatic N) is 1. The van der Waals surface area contributed by atoms with Crippen molar-refractivity contribution in [2.45, 2.75) is 386 Å². The Balaban J connectivity index is 3.98. The van der Waals surface area contributed by atoms with Crippen molar-refractivity contribution in [1.82, 2.24) is 0 Å². The van der Waals surface area contributed by atoms with E-state index in [9.17, 15) is 19.5 Å². The van der Waals surface area contributed by atoms with Crippen molar-refractivity contribution in [1.29, 1.82) is 0 Å². The highest BCUT2D eigenvalue weighted by Gasteiger charge is 2.25. The highest BCUT2D eigenvalue weighted by Crippen LogP contribution is 2.19. The smallest absolute Gasteiger partial charge is 0.361 e. The van der Waals surface area contributed by atoms with Gasteiger partial charge < -0.3 is 28.5 Å². The zero-order chi connectivity index (χ0) is 74.6. The van der Waals surface area contributed by atoms with Crippen molar-refractivity contribution >= 4 is 17.9 Å². The second kappa shape index (κ2) is 82.8. The van der Waals surface area contributed by atoms with Gasteiger partial charge in [-0.05, 0) is 116 Å². The van der Waals surface area contributed by atoms with E-state index >= 15 is 0 Å².